The zero-order chi connectivity index (χ0) is 24.1. The summed E-state index contributed by atoms with van der Waals surface area (Å²) in [7, 11) is -6.86. The van der Waals surface area contributed by atoms with E-state index >= 15 is 0 Å². The minimum Gasteiger partial charge on any atom is -0.451 e. The molecule has 11 heteroatoms. The van der Waals surface area contributed by atoms with Crippen LogP contribution in [0, 0.1) is 0 Å². The molecule has 0 aliphatic rings. The largest absolute Gasteiger partial charge is 0.463 e. The molecule has 2 amide bonds. The molecule has 3 aromatic carbocycles. The van der Waals surface area contributed by atoms with Gasteiger partial charge in [0.25, 0.3) is 0 Å². The predicted molar refractivity (Wildman–Crippen MR) is 125 cm³/mol. The van der Waals surface area contributed by atoms with E-state index in [2.05, 4.69) is 4.74 Å². The second-order valence-electron chi connectivity index (χ2n) is 6.59. The molecular weight excluding hydrogens is 467 g/mol. The molecule has 0 radical (unpaired) electrons. The molecule has 1 N–H and O–H groups in total. The Bertz CT molecular complexity index is 1110. The maximum absolute atomic E-state index is 13.3. The zero-order valence-electron chi connectivity index (χ0n) is 17.8. The molecule has 172 valence electrons. The van der Waals surface area contributed by atoms with Gasteiger partial charge in [-0.25, -0.2) is 9.59 Å². The highest BCUT2D eigenvalue weighted by Gasteiger charge is 2.61. The van der Waals surface area contributed by atoms with Gasteiger partial charge < -0.3 is 9.47 Å². The summed E-state index contributed by atoms with van der Waals surface area (Å²) in [5.74, 6) is 0. The molecular formula is C22H22N2O7PS+. The normalized spacial score (nSPS) is 11.4. The number of benzene rings is 3. The Morgan fingerprint density at radius 3 is 1.30 bits per heavy atom. The minimum atomic E-state index is -5.33. The third-order valence-corrected chi connectivity index (χ3v) is 9.65. The van der Waals surface area contributed by atoms with Gasteiger partial charge in [0, 0.05) is 0 Å². The lowest BCUT2D eigenvalue weighted by Gasteiger charge is -2.37. The quantitative estimate of drug-likeness (QED) is 0.333. The van der Waals surface area contributed by atoms with E-state index in [-0.39, 0.29) is 4.41 Å². The predicted octanol–water partition coefficient (Wildman–Crippen LogP) is 2.75. The van der Waals surface area contributed by atoms with Crippen LogP contribution in [-0.2, 0) is 19.8 Å². The van der Waals surface area contributed by atoms with Crippen LogP contribution in [0.25, 0.3) is 0 Å². The van der Waals surface area contributed by atoms with Gasteiger partial charge in [0.2, 0.25) is 7.41 Å². The van der Waals surface area contributed by atoms with E-state index in [1.54, 1.807) is 91.0 Å². The van der Waals surface area contributed by atoms with Crippen molar-refractivity contribution < 1.29 is 32.0 Å². The molecule has 0 aliphatic heterocycles. The number of nitrogens with zero attached hydrogens (tertiary/aromatic N) is 2. The van der Waals surface area contributed by atoms with Crippen LogP contribution in [0.15, 0.2) is 91.0 Å². The van der Waals surface area contributed by atoms with Gasteiger partial charge in [0.15, 0.2) is 0 Å². The third-order valence-electron chi connectivity index (χ3n) is 4.73. The fourth-order valence-corrected chi connectivity index (χ4v) is 8.59. The Labute approximate surface area is 192 Å². The summed E-state index contributed by atoms with van der Waals surface area (Å²) in [6.07, 6.45) is -2.68. The van der Waals surface area contributed by atoms with Crippen molar-refractivity contribution in [3.8, 4) is 0 Å². The smallest absolute Gasteiger partial charge is 0.451 e. The van der Waals surface area contributed by atoms with Gasteiger partial charge in [-0.1, -0.05) is 54.6 Å². The highest BCUT2D eigenvalue weighted by Crippen LogP contribution is 2.60. The first kappa shape index (κ1) is 24.2. The molecule has 0 aromatic heterocycles. The van der Waals surface area contributed by atoms with Crippen LogP contribution in [0.5, 0.6) is 0 Å². The Kier molecular flexibility index (Phi) is 7.33. The van der Waals surface area contributed by atoms with Gasteiger partial charge in [-0.15, -0.1) is 0 Å². The molecule has 0 saturated heterocycles. The van der Waals surface area contributed by atoms with Gasteiger partial charge in [-0.2, -0.15) is 8.42 Å². The summed E-state index contributed by atoms with van der Waals surface area (Å²) in [4.78, 5) is 26.0. The molecule has 3 rings (SSSR count). The van der Waals surface area contributed by atoms with Crippen molar-refractivity contribution >= 4 is 45.8 Å². The van der Waals surface area contributed by atoms with Crippen LogP contribution in [0.2, 0.25) is 0 Å². The Morgan fingerprint density at radius 1 is 0.697 bits per heavy atom. The second kappa shape index (κ2) is 9.99. The molecule has 0 fully saturated rings. The van der Waals surface area contributed by atoms with Crippen LogP contribution in [0.3, 0.4) is 0 Å². The van der Waals surface area contributed by atoms with E-state index in [0.717, 1.165) is 14.2 Å². The van der Waals surface area contributed by atoms with Crippen molar-refractivity contribution in [2.75, 3.05) is 14.2 Å². The highest BCUT2D eigenvalue weighted by atomic mass is 32.2. The third kappa shape index (κ3) is 4.54. The number of methoxy groups -OCH3 is 2. The van der Waals surface area contributed by atoms with E-state index in [9.17, 15) is 22.6 Å². The fourth-order valence-electron chi connectivity index (χ4n) is 3.45. The van der Waals surface area contributed by atoms with Gasteiger partial charge in [0.05, 0.1) is 14.2 Å². The molecule has 33 heavy (non-hydrogen) atoms. The van der Waals surface area contributed by atoms with Crippen LogP contribution in [-0.4, -0.2) is 48.6 Å². The summed E-state index contributed by atoms with van der Waals surface area (Å²) >= 11 is 0. The van der Waals surface area contributed by atoms with E-state index in [1.165, 1.54) is 0 Å². The highest BCUT2D eigenvalue weighted by molar-refractivity contribution is 7.95. The van der Waals surface area contributed by atoms with E-state index in [4.69, 9.17) is 4.74 Å². The zero-order valence-corrected chi connectivity index (χ0v) is 19.5. The van der Waals surface area contributed by atoms with Crippen molar-refractivity contribution in [2.24, 2.45) is 0 Å². The first-order valence-corrected chi connectivity index (χ1v) is 12.7. The SMILES string of the molecule is COC(=O)N(N(C(=O)OC)S(=O)(=O)O)[P+](c1ccccc1)(c1ccccc1)c1ccccc1. The molecule has 0 spiro atoms. The Morgan fingerprint density at radius 2 is 1.03 bits per heavy atom. The fraction of sp³-hybridized carbons (Fsp3) is 0.0909. The van der Waals surface area contributed by atoms with Gasteiger partial charge >= 0.3 is 22.5 Å². The average Bonchev–Trinajstić information content (AvgIpc) is 2.84. The number of hydrogen-bond donors (Lipinski definition) is 1. The van der Waals surface area contributed by atoms with Crippen LogP contribution in [0.4, 0.5) is 9.59 Å². The first-order chi connectivity index (χ1) is 15.8. The average molecular weight is 489 g/mol. The molecule has 0 aliphatic carbocycles. The number of rotatable bonds is 5. The standard InChI is InChI=1S/C22H21N2O7PS/c1-30-21(25)23(24(22(26)31-2)33(27,28)29)32(18-12-6-3-7-13-18,19-14-8-4-9-15-19)20-16-10-5-11-17-20/h3-17H,1-2H3/p+1. The molecule has 0 saturated carbocycles. The lowest BCUT2D eigenvalue weighted by atomic mass is 10.4. The lowest BCUT2D eigenvalue weighted by Crippen LogP contribution is -2.57. The molecule has 0 heterocycles. The van der Waals surface area contributed by atoms with E-state index in [0.29, 0.717) is 20.7 Å². The number of hydrogen-bond acceptors (Lipinski definition) is 6. The summed E-state index contributed by atoms with van der Waals surface area (Å²) in [5, 5.41) is 1.56. The molecule has 0 atom stereocenters. The Hall–Kier alpha value is -3.46. The maximum Gasteiger partial charge on any atom is 0.463 e. The van der Waals surface area contributed by atoms with Gasteiger partial charge in [0.1, 0.15) is 15.9 Å². The summed E-state index contributed by atoms with van der Waals surface area (Å²) in [5.41, 5.74) is 0. The van der Waals surface area contributed by atoms with Crippen molar-refractivity contribution in [2.45, 2.75) is 0 Å². The second-order valence-corrected chi connectivity index (χ2v) is 11.0. The number of hydrazine groups is 1. The summed E-state index contributed by atoms with van der Waals surface area (Å²) in [6, 6.07) is 25.9. The number of carbonyl (C=O) groups excluding carboxylic acids is 2. The topological polar surface area (TPSA) is 113 Å². The van der Waals surface area contributed by atoms with Crippen molar-refractivity contribution in [1.82, 2.24) is 9.19 Å². The number of carbonyl (C=O) groups is 2. The summed E-state index contributed by atoms with van der Waals surface area (Å²) in [6.45, 7) is 0. The number of amides is 2. The van der Waals surface area contributed by atoms with Gasteiger partial charge in [-0.05, 0) is 45.6 Å². The molecule has 0 unspecified atom stereocenters. The van der Waals surface area contributed by atoms with E-state index in [1.807, 2.05) is 0 Å². The van der Waals surface area contributed by atoms with Crippen molar-refractivity contribution in [3.63, 3.8) is 0 Å². The van der Waals surface area contributed by atoms with Crippen LogP contribution >= 0.6 is 7.41 Å². The first-order valence-electron chi connectivity index (χ1n) is 9.58. The van der Waals surface area contributed by atoms with Crippen LogP contribution < -0.4 is 15.9 Å². The van der Waals surface area contributed by atoms with E-state index < -0.39 is 29.9 Å². The van der Waals surface area contributed by atoms with Crippen LogP contribution in [0.1, 0.15) is 0 Å². The number of ether oxygens (including phenoxy) is 2. The van der Waals surface area contributed by atoms with Crippen molar-refractivity contribution in [3.05, 3.63) is 91.0 Å². The van der Waals surface area contributed by atoms with Gasteiger partial charge in [-0.3, -0.25) is 4.55 Å². The Balaban J connectivity index is 2.57. The molecule has 3 aromatic rings. The lowest BCUT2D eigenvalue weighted by molar-refractivity contribution is 0.0766. The maximum atomic E-state index is 13.3. The monoisotopic (exact) mass is 489 g/mol. The molecule has 9 nitrogen and oxygen atoms in total. The minimum absolute atomic E-state index is 0.0976. The molecule has 0 bridgehead atoms. The van der Waals surface area contributed by atoms with Crippen molar-refractivity contribution in [1.29, 1.82) is 0 Å². The summed E-state index contributed by atoms with van der Waals surface area (Å²) < 4.78 is 45.2.